The highest BCUT2D eigenvalue weighted by atomic mass is 16.7. The number of ether oxygens (including phenoxy) is 5. The number of carbonyl (C=O) groups excluding carboxylic acids is 2. The maximum Gasteiger partial charge on any atom is 0.379 e. The van der Waals surface area contributed by atoms with E-state index in [2.05, 4.69) is 0 Å². The Morgan fingerprint density at radius 2 is 1.85 bits per heavy atom. The minimum atomic E-state index is -0.682. The van der Waals surface area contributed by atoms with Gasteiger partial charge in [0, 0.05) is 11.5 Å². The zero-order chi connectivity index (χ0) is 23.2. The molecule has 6 rings (SSSR count). The molecule has 8 heteroatoms. The largest absolute Gasteiger partial charge is 0.493 e. The molecule has 0 amide bonds. The van der Waals surface area contributed by atoms with Crippen molar-refractivity contribution in [1.82, 2.24) is 0 Å². The minimum Gasteiger partial charge on any atom is -0.493 e. The monoisotopic (exact) mass is 456 g/mol. The molecule has 0 atom stereocenters. The van der Waals surface area contributed by atoms with Crippen molar-refractivity contribution in [2.45, 2.75) is 0 Å². The van der Waals surface area contributed by atoms with Gasteiger partial charge in [-0.25, -0.2) is 4.79 Å². The second-order valence-electron chi connectivity index (χ2n) is 7.59. The molecule has 0 fully saturated rings. The first-order valence-corrected chi connectivity index (χ1v) is 10.4. The fourth-order valence-corrected chi connectivity index (χ4v) is 3.84. The third-order valence-electron chi connectivity index (χ3n) is 5.48. The smallest absolute Gasteiger partial charge is 0.379 e. The van der Waals surface area contributed by atoms with E-state index in [1.807, 2.05) is 0 Å². The summed E-state index contributed by atoms with van der Waals surface area (Å²) in [5, 5.41) is 0.715. The van der Waals surface area contributed by atoms with E-state index in [4.69, 9.17) is 28.1 Å². The standard InChI is InChI=1S/C26H16O8/c1-29-19-4-2-3-15-11-23(34-25(15)19)26(28)32-16-6-7-17-20(12-16)33-22(24(17)27)10-14-5-8-18-21(9-14)31-13-30-18/h2-12H,13H2,1H3/b22-10-. The van der Waals surface area contributed by atoms with E-state index in [9.17, 15) is 9.59 Å². The molecule has 3 aromatic carbocycles. The molecule has 8 nitrogen and oxygen atoms in total. The van der Waals surface area contributed by atoms with Crippen molar-refractivity contribution in [2.75, 3.05) is 13.9 Å². The third-order valence-corrected chi connectivity index (χ3v) is 5.48. The molecule has 168 valence electrons. The van der Waals surface area contributed by atoms with E-state index in [0.717, 1.165) is 5.56 Å². The Bertz CT molecular complexity index is 1510. The van der Waals surface area contributed by atoms with Gasteiger partial charge in [0.15, 0.2) is 28.6 Å². The van der Waals surface area contributed by atoms with Crippen molar-refractivity contribution in [3.8, 4) is 28.7 Å². The van der Waals surface area contributed by atoms with Gasteiger partial charge in [-0.05, 0) is 48.0 Å². The molecule has 2 aliphatic rings. The van der Waals surface area contributed by atoms with Crippen LogP contribution in [0.1, 0.15) is 26.5 Å². The van der Waals surface area contributed by atoms with Crippen molar-refractivity contribution in [2.24, 2.45) is 0 Å². The van der Waals surface area contributed by atoms with Crippen LogP contribution in [0.4, 0.5) is 0 Å². The molecule has 1 aromatic heterocycles. The molecule has 0 saturated carbocycles. The van der Waals surface area contributed by atoms with E-state index in [0.29, 0.717) is 39.5 Å². The first-order valence-electron chi connectivity index (χ1n) is 10.4. The number of carbonyl (C=O) groups is 2. The van der Waals surface area contributed by atoms with Crippen LogP contribution in [0.15, 0.2) is 70.8 Å². The highest BCUT2D eigenvalue weighted by molar-refractivity contribution is 6.14. The molecule has 0 N–H and O–H groups in total. The predicted octanol–water partition coefficient (Wildman–Crippen LogP) is 5.01. The molecule has 0 aliphatic carbocycles. The van der Waals surface area contributed by atoms with E-state index in [1.54, 1.807) is 54.6 Å². The second kappa shape index (κ2) is 7.70. The summed E-state index contributed by atoms with van der Waals surface area (Å²) in [6, 6.07) is 16.9. The van der Waals surface area contributed by atoms with Gasteiger partial charge in [-0.2, -0.15) is 0 Å². The fraction of sp³-hybridized carbons (Fsp3) is 0.0769. The lowest BCUT2D eigenvalue weighted by Gasteiger charge is -2.04. The summed E-state index contributed by atoms with van der Waals surface area (Å²) in [6.07, 6.45) is 1.62. The number of ketones is 1. The summed E-state index contributed by atoms with van der Waals surface area (Å²) in [7, 11) is 1.52. The van der Waals surface area contributed by atoms with Gasteiger partial charge < -0.3 is 28.1 Å². The van der Waals surface area contributed by atoms with Gasteiger partial charge in [0.1, 0.15) is 11.5 Å². The highest BCUT2D eigenvalue weighted by Crippen LogP contribution is 2.37. The van der Waals surface area contributed by atoms with Crippen LogP contribution in [0.3, 0.4) is 0 Å². The fourth-order valence-electron chi connectivity index (χ4n) is 3.84. The van der Waals surface area contributed by atoms with Gasteiger partial charge in [0.25, 0.3) is 0 Å². The molecule has 3 heterocycles. The number of Topliss-reactive ketones (excluding diaryl/α,β-unsaturated/α-hetero) is 1. The van der Waals surface area contributed by atoms with Crippen molar-refractivity contribution < 1.29 is 37.7 Å². The molecule has 0 spiro atoms. The van der Waals surface area contributed by atoms with Crippen LogP contribution in [-0.4, -0.2) is 25.7 Å². The van der Waals surface area contributed by atoms with Crippen molar-refractivity contribution in [3.05, 3.63) is 83.3 Å². The zero-order valence-electron chi connectivity index (χ0n) is 17.8. The summed E-state index contributed by atoms with van der Waals surface area (Å²) in [5.74, 6) is 1.52. The van der Waals surface area contributed by atoms with Crippen LogP contribution < -0.4 is 23.7 Å². The van der Waals surface area contributed by atoms with Crippen molar-refractivity contribution in [1.29, 1.82) is 0 Å². The first-order chi connectivity index (χ1) is 16.6. The Labute approximate surface area is 192 Å². The average Bonchev–Trinajstić information content (AvgIpc) is 3.56. The average molecular weight is 456 g/mol. The number of para-hydroxylation sites is 1. The molecule has 34 heavy (non-hydrogen) atoms. The van der Waals surface area contributed by atoms with E-state index in [-0.39, 0.29) is 29.8 Å². The van der Waals surface area contributed by atoms with Gasteiger partial charge in [0.2, 0.25) is 18.3 Å². The van der Waals surface area contributed by atoms with Crippen LogP contribution >= 0.6 is 0 Å². The number of methoxy groups -OCH3 is 1. The molecular weight excluding hydrogens is 440 g/mol. The van der Waals surface area contributed by atoms with Gasteiger partial charge in [-0.3, -0.25) is 4.79 Å². The number of hydrogen-bond donors (Lipinski definition) is 0. The SMILES string of the molecule is COc1cccc2cc(C(=O)Oc3ccc4c(c3)O/C(=C\c3ccc5c(c3)OCO5)C4=O)oc12. The lowest BCUT2D eigenvalue weighted by atomic mass is 10.1. The summed E-state index contributed by atoms with van der Waals surface area (Å²) in [4.78, 5) is 25.4. The Morgan fingerprint density at radius 1 is 0.971 bits per heavy atom. The minimum absolute atomic E-state index is 0.0281. The summed E-state index contributed by atoms with van der Waals surface area (Å²) in [6.45, 7) is 0.166. The number of rotatable bonds is 4. The van der Waals surface area contributed by atoms with E-state index >= 15 is 0 Å². The summed E-state index contributed by atoms with van der Waals surface area (Å²) in [5.41, 5.74) is 1.56. The van der Waals surface area contributed by atoms with Gasteiger partial charge in [0.05, 0.1) is 12.7 Å². The number of allylic oxidation sites excluding steroid dienone is 1. The molecule has 0 radical (unpaired) electrons. The lowest BCUT2D eigenvalue weighted by Crippen LogP contribution is -2.07. The predicted molar refractivity (Wildman–Crippen MR) is 120 cm³/mol. The quantitative estimate of drug-likeness (QED) is 0.240. The number of furan rings is 1. The third kappa shape index (κ3) is 3.32. The molecule has 0 saturated heterocycles. The van der Waals surface area contributed by atoms with Crippen molar-refractivity contribution in [3.63, 3.8) is 0 Å². The van der Waals surface area contributed by atoms with Crippen molar-refractivity contribution >= 4 is 28.8 Å². The Kier molecular flexibility index (Phi) is 4.51. The van der Waals surface area contributed by atoms with Gasteiger partial charge >= 0.3 is 5.97 Å². The van der Waals surface area contributed by atoms with Gasteiger partial charge in [-0.1, -0.05) is 18.2 Å². The molecule has 2 aliphatic heterocycles. The van der Waals surface area contributed by atoms with E-state index < -0.39 is 5.97 Å². The lowest BCUT2D eigenvalue weighted by molar-refractivity contribution is 0.0703. The zero-order valence-corrected chi connectivity index (χ0v) is 17.8. The van der Waals surface area contributed by atoms with Gasteiger partial charge in [-0.15, -0.1) is 0 Å². The summed E-state index contributed by atoms with van der Waals surface area (Å²) < 4.78 is 32.8. The highest BCUT2D eigenvalue weighted by Gasteiger charge is 2.28. The van der Waals surface area contributed by atoms with Crippen LogP contribution in [0.2, 0.25) is 0 Å². The normalized spacial score (nSPS) is 14.9. The number of benzene rings is 3. The summed E-state index contributed by atoms with van der Waals surface area (Å²) >= 11 is 0. The second-order valence-corrected chi connectivity index (χ2v) is 7.59. The Balaban J connectivity index is 1.23. The molecule has 4 aromatic rings. The Morgan fingerprint density at radius 3 is 2.74 bits per heavy atom. The van der Waals surface area contributed by atoms with Crippen LogP contribution in [-0.2, 0) is 0 Å². The van der Waals surface area contributed by atoms with Crippen LogP contribution in [0, 0.1) is 0 Å². The number of esters is 1. The molecular formula is C26H16O8. The maximum absolute atomic E-state index is 12.8. The topological polar surface area (TPSA) is 93.4 Å². The Hall–Kier alpha value is -4.72. The number of hydrogen-bond acceptors (Lipinski definition) is 8. The van der Waals surface area contributed by atoms with Crippen LogP contribution in [0.5, 0.6) is 28.7 Å². The van der Waals surface area contributed by atoms with Crippen LogP contribution in [0.25, 0.3) is 17.0 Å². The van der Waals surface area contributed by atoms with E-state index in [1.165, 1.54) is 19.2 Å². The molecule has 0 bridgehead atoms. The molecule has 0 unspecified atom stereocenters. The first kappa shape index (κ1) is 19.9. The maximum atomic E-state index is 12.8. The number of fused-ring (bicyclic) bond motifs is 3.